The summed E-state index contributed by atoms with van der Waals surface area (Å²) in [7, 11) is 0. The van der Waals surface area contributed by atoms with Gasteiger partial charge in [-0.2, -0.15) is 0 Å². The van der Waals surface area contributed by atoms with Crippen LogP contribution in [-0.4, -0.2) is 37.0 Å². The number of benzene rings is 1. The molecule has 21 heavy (non-hydrogen) atoms. The zero-order valence-corrected chi connectivity index (χ0v) is 13.0. The van der Waals surface area contributed by atoms with Crippen molar-refractivity contribution >= 4 is 5.91 Å². The van der Waals surface area contributed by atoms with E-state index in [1.165, 1.54) is 0 Å². The van der Waals surface area contributed by atoms with Gasteiger partial charge in [0.1, 0.15) is 6.10 Å². The average molecular weight is 290 g/mol. The van der Waals surface area contributed by atoms with Crippen LogP contribution in [0.4, 0.5) is 0 Å². The number of amides is 1. The number of carbonyl (C=O) groups excluding carboxylic acids is 1. The summed E-state index contributed by atoms with van der Waals surface area (Å²) < 4.78 is 5.83. The van der Waals surface area contributed by atoms with Gasteiger partial charge < -0.3 is 15.4 Å². The van der Waals surface area contributed by atoms with Crippen LogP contribution in [0.15, 0.2) is 30.3 Å². The van der Waals surface area contributed by atoms with Crippen LogP contribution in [0.25, 0.3) is 0 Å². The first-order chi connectivity index (χ1) is 10.2. The van der Waals surface area contributed by atoms with E-state index >= 15 is 0 Å². The van der Waals surface area contributed by atoms with Gasteiger partial charge in [0.15, 0.2) is 0 Å². The van der Waals surface area contributed by atoms with E-state index in [1.54, 1.807) is 0 Å². The van der Waals surface area contributed by atoms with Gasteiger partial charge >= 0.3 is 0 Å². The Labute approximate surface area is 127 Å². The van der Waals surface area contributed by atoms with Crippen molar-refractivity contribution in [3.8, 4) is 0 Å². The summed E-state index contributed by atoms with van der Waals surface area (Å²) in [5, 5.41) is 0. The molecule has 1 unspecified atom stereocenters. The SMILES string of the molecule is CCC(CC)(CN)C(=O)N1CCOC(c2ccccc2)C1. The third kappa shape index (κ3) is 3.27. The van der Waals surface area contributed by atoms with Gasteiger partial charge in [-0.15, -0.1) is 0 Å². The minimum atomic E-state index is -0.418. The first-order valence-corrected chi connectivity index (χ1v) is 7.83. The molecule has 0 saturated carbocycles. The quantitative estimate of drug-likeness (QED) is 0.905. The van der Waals surface area contributed by atoms with Crippen LogP contribution in [-0.2, 0) is 9.53 Å². The summed E-state index contributed by atoms with van der Waals surface area (Å²) in [6.07, 6.45) is 1.53. The van der Waals surface area contributed by atoms with Crippen LogP contribution in [0, 0.1) is 5.41 Å². The van der Waals surface area contributed by atoms with Gasteiger partial charge in [0.25, 0.3) is 0 Å². The Morgan fingerprint density at radius 2 is 2.00 bits per heavy atom. The van der Waals surface area contributed by atoms with Crippen molar-refractivity contribution < 1.29 is 9.53 Å². The molecule has 0 aromatic heterocycles. The van der Waals surface area contributed by atoms with Gasteiger partial charge in [-0.3, -0.25) is 4.79 Å². The molecule has 1 atom stereocenters. The van der Waals surface area contributed by atoms with E-state index in [0.29, 0.717) is 26.2 Å². The van der Waals surface area contributed by atoms with Crippen LogP contribution >= 0.6 is 0 Å². The Morgan fingerprint density at radius 1 is 1.33 bits per heavy atom. The van der Waals surface area contributed by atoms with Gasteiger partial charge in [0.05, 0.1) is 18.6 Å². The van der Waals surface area contributed by atoms with E-state index in [-0.39, 0.29) is 12.0 Å². The van der Waals surface area contributed by atoms with E-state index < -0.39 is 5.41 Å². The third-order valence-corrected chi connectivity index (χ3v) is 4.72. The van der Waals surface area contributed by atoms with Crippen LogP contribution in [0.3, 0.4) is 0 Å². The molecule has 2 rings (SSSR count). The van der Waals surface area contributed by atoms with E-state index in [0.717, 1.165) is 18.4 Å². The minimum absolute atomic E-state index is 0.0342. The highest BCUT2D eigenvalue weighted by atomic mass is 16.5. The second kappa shape index (κ2) is 7.05. The lowest BCUT2D eigenvalue weighted by Crippen LogP contribution is -2.51. The van der Waals surface area contributed by atoms with E-state index in [4.69, 9.17) is 10.5 Å². The first kappa shape index (κ1) is 16.0. The molecule has 1 saturated heterocycles. The van der Waals surface area contributed by atoms with Crippen molar-refractivity contribution in [2.75, 3.05) is 26.2 Å². The number of hydrogen-bond donors (Lipinski definition) is 1. The lowest BCUT2D eigenvalue weighted by atomic mass is 9.80. The number of rotatable bonds is 5. The van der Waals surface area contributed by atoms with Crippen molar-refractivity contribution in [1.29, 1.82) is 0 Å². The molecule has 0 radical (unpaired) electrons. The lowest BCUT2D eigenvalue weighted by Gasteiger charge is -2.39. The van der Waals surface area contributed by atoms with Crippen molar-refractivity contribution in [3.63, 3.8) is 0 Å². The Balaban J connectivity index is 2.12. The van der Waals surface area contributed by atoms with Crippen LogP contribution < -0.4 is 5.73 Å². The number of hydrogen-bond acceptors (Lipinski definition) is 3. The molecule has 2 N–H and O–H groups in total. The maximum Gasteiger partial charge on any atom is 0.230 e. The van der Waals surface area contributed by atoms with Crippen molar-refractivity contribution in [1.82, 2.24) is 4.90 Å². The lowest BCUT2D eigenvalue weighted by molar-refractivity contribution is -0.150. The number of carbonyl (C=O) groups is 1. The van der Waals surface area contributed by atoms with Gasteiger partial charge in [0.2, 0.25) is 5.91 Å². The predicted octanol–water partition coefficient (Wildman–Crippen LogP) is 2.35. The number of nitrogens with zero attached hydrogens (tertiary/aromatic N) is 1. The Morgan fingerprint density at radius 3 is 2.57 bits per heavy atom. The fourth-order valence-electron chi connectivity index (χ4n) is 2.97. The Kier molecular flexibility index (Phi) is 5.37. The summed E-state index contributed by atoms with van der Waals surface area (Å²) in [5.41, 5.74) is 6.61. The van der Waals surface area contributed by atoms with Crippen molar-refractivity contribution in [3.05, 3.63) is 35.9 Å². The fraction of sp³-hybridized carbons (Fsp3) is 0.588. The van der Waals surface area contributed by atoms with E-state index in [1.807, 2.05) is 36.9 Å². The highest BCUT2D eigenvalue weighted by Gasteiger charge is 2.38. The maximum atomic E-state index is 12.9. The van der Waals surface area contributed by atoms with Crippen LogP contribution in [0.5, 0.6) is 0 Å². The zero-order valence-electron chi connectivity index (χ0n) is 13.0. The molecule has 4 heteroatoms. The number of morpholine rings is 1. The topological polar surface area (TPSA) is 55.6 Å². The second-order valence-corrected chi connectivity index (χ2v) is 5.71. The minimum Gasteiger partial charge on any atom is -0.370 e. The van der Waals surface area contributed by atoms with Gasteiger partial charge in [-0.25, -0.2) is 0 Å². The van der Waals surface area contributed by atoms with Gasteiger partial charge in [-0.1, -0.05) is 44.2 Å². The average Bonchev–Trinajstić information content (AvgIpc) is 2.58. The monoisotopic (exact) mass is 290 g/mol. The predicted molar refractivity (Wildman–Crippen MR) is 83.8 cm³/mol. The fourth-order valence-corrected chi connectivity index (χ4v) is 2.97. The van der Waals surface area contributed by atoms with Crippen molar-refractivity contribution in [2.24, 2.45) is 11.1 Å². The van der Waals surface area contributed by atoms with Gasteiger partial charge in [0, 0.05) is 13.1 Å². The molecule has 1 aliphatic heterocycles. The molecule has 116 valence electrons. The van der Waals surface area contributed by atoms with Gasteiger partial charge in [-0.05, 0) is 18.4 Å². The molecule has 0 aliphatic carbocycles. The molecule has 1 amide bonds. The van der Waals surface area contributed by atoms with Crippen LogP contribution in [0.1, 0.15) is 38.4 Å². The molecule has 1 heterocycles. The number of ether oxygens (including phenoxy) is 1. The first-order valence-electron chi connectivity index (χ1n) is 7.83. The summed E-state index contributed by atoms with van der Waals surface area (Å²) in [6.45, 7) is 6.35. The third-order valence-electron chi connectivity index (χ3n) is 4.72. The highest BCUT2D eigenvalue weighted by Crippen LogP contribution is 2.30. The molecular formula is C17H26N2O2. The van der Waals surface area contributed by atoms with E-state index in [9.17, 15) is 4.79 Å². The number of nitrogens with two attached hydrogens (primary N) is 1. The maximum absolute atomic E-state index is 12.9. The Hall–Kier alpha value is -1.39. The standard InChI is InChI=1S/C17H26N2O2/c1-3-17(4-2,13-18)16(20)19-10-11-21-15(12-19)14-8-6-5-7-9-14/h5-9,15H,3-4,10-13,18H2,1-2H3. The molecule has 1 aromatic carbocycles. The summed E-state index contributed by atoms with van der Waals surface area (Å²) >= 11 is 0. The molecule has 1 fully saturated rings. The summed E-state index contributed by atoms with van der Waals surface area (Å²) in [5.74, 6) is 0.180. The smallest absolute Gasteiger partial charge is 0.230 e. The normalized spacial score (nSPS) is 19.6. The molecule has 4 nitrogen and oxygen atoms in total. The largest absolute Gasteiger partial charge is 0.370 e. The summed E-state index contributed by atoms with van der Waals surface area (Å²) in [6, 6.07) is 10.1. The summed E-state index contributed by atoms with van der Waals surface area (Å²) in [4.78, 5) is 14.8. The highest BCUT2D eigenvalue weighted by molar-refractivity contribution is 5.83. The Bertz CT molecular complexity index is 449. The molecule has 0 bridgehead atoms. The van der Waals surface area contributed by atoms with E-state index in [2.05, 4.69) is 12.1 Å². The van der Waals surface area contributed by atoms with Crippen LogP contribution in [0.2, 0.25) is 0 Å². The zero-order chi connectivity index (χ0) is 15.3. The second-order valence-electron chi connectivity index (χ2n) is 5.71. The molecule has 1 aromatic rings. The molecule has 0 spiro atoms. The molecular weight excluding hydrogens is 264 g/mol. The molecule has 1 aliphatic rings. The van der Waals surface area contributed by atoms with Crippen molar-refractivity contribution in [2.45, 2.75) is 32.8 Å².